The summed E-state index contributed by atoms with van der Waals surface area (Å²) in [6, 6.07) is 8.03. The van der Waals surface area contributed by atoms with E-state index in [1.807, 2.05) is 43.0 Å². The predicted molar refractivity (Wildman–Crippen MR) is 125 cm³/mol. The van der Waals surface area contributed by atoms with Gasteiger partial charge in [-0.05, 0) is 25.5 Å². The van der Waals surface area contributed by atoms with Gasteiger partial charge in [0.2, 0.25) is 5.91 Å². The molecular weight excluding hydrogens is 469 g/mol. The molecule has 1 fully saturated rings. The molecule has 1 aromatic carbocycles. The number of piperazine rings is 1. The molecule has 1 heterocycles. The monoisotopic (exact) mass is 503 g/mol. The molecule has 1 unspecified atom stereocenters. The molecule has 7 nitrogen and oxygen atoms in total. The highest BCUT2D eigenvalue weighted by Crippen LogP contribution is 2.17. The van der Waals surface area contributed by atoms with Crippen molar-refractivity contribution in [3.8, 4) is 5.75 Å². The van der Waals surface area contributed by atoms with Crippen LogP contribution in [0.3, 0.4) is 0 Å². The lowest BCUT2D eigenvalue weighted by molar-refractivity contribution is -0.130. The molecule has 2 N–H and O–H groups in total. The number of guanidine groups is 1. The Morgan fingerprint density at radius 3 is 2.50 bits per heavy atom. The van der Waals surface area contributed by atoms with Crippen molar-refractivity contribution in [1.29, 1.82) is 0 Å². The molecule has 1 aliphatic rings. The number of aliphatic imine (C=N–C) groups is 1. The van der Waals surface area contributed by atoms with E-state index in [0.29, 0.717) is 6.54 Å². The van der Waals surface area contributed by atoms with Crippen LogP contribution in [0, 0.1) is 6.92 Å². The zero-order chi connectivity index (χ0) is 19.6. The van der Waals surface area contributed by atoms with E-state index < -0.39 is 0 Å². The van der Waals surface area contributed by atoms with Crippen molar-refractivity contribution in [3.05, 3.63) is 29.8 Å². The molecule has 0 aromatic heterocycles. The largest absolute Gasteiger partial charge is 0.489 e. The molecule has 0 saturated carbocycles. The van der Waals surface area contributed by atoms with E-state index in [2.05, 4.69) is 20.5 Å². The van der Waals surface area contributed by atoms with Crippen LogP contribution >= 0.6 is 24.0 Å². The van der Waals surface area contributed by atoms with Crippen LogP contribution in [0.4, 0.5) is 0 Å². The number of hydrogen-bond donors (Lipinski definition) is 2. The minimum atomic E-state index is 0. The average molecular weight is 503 g/mol. The molecule has 0 spiro atoms. The van der Waals surface area contributed by atoms with Crippen LogP contribution in [0.25, 0.3) is 0 Å². The van der Waals surface area contributed by atoms with Gasteiger partial charge in [-0.2, -0.15) is 0 Å². The fourth-order valence-corrected chi connectivity index (χ4v) is 3.03. The van der Waals surface area contributed by atoms with Crippen LogP contribution in [-0.2, 0) is 4.79 Å². The number of ether oxygens (including phenoxy) is 1. The third-order valence-corrected chi connectivity index (χ3v) is 4.74. The van der Waals surface area contributed by atoms with Crippen molar-refractivity contribution in [2.75, 3.05) is 52.9 Å². The Bertz CT molecular complexity index is 633. The summed E-state index contributed by atoms with van der Waals surface area (Å²) in [6.07, 6.45) is 0.0318. The lowest BCUT2D eigenvalue weighted by Gasteiger charge is -2.34. The summed E-state index contributed by atoms with van der Waals surface area (Å²) in [5, 5.41) is 6.65. The molecular formula is C20H34IN5O2. The van der Waals surface area contributed by atoms with Crippen molar-refractivity contribution in [2.45, 2.75) is 26.9 Å². The highest BCUT2D eigenvalue weighted by atomic mass is 127. The summed E-state index contributed by atoms with van der Waals surface area (Å²) in [5.41, 5.74) is 1.14. The van der Waals surface area contributed by atoms with E-state index in [4.69, 9.17) is 4.74 Å². The average Bonchev–Trinajstić information content (AvgIpc) is 2.66. The van der Waals surface area contributed by atoms with E-state index in [-0.39, 0.29) is 36.0 Å². The van der Waals surface area contributed by atoms with Crippen LogP contribution in [0.15, 0.2) is 29.3 Å². The third kappa shape index (κ3) is 8.22. The van der Waals surface area contributed by atoms with Crippen LogP contribution in [0.5, 0.6) is 5.75 Å². The molecule has 8 heteroatoms. The fraction of sp³-hybridized carbons (Fsp3) is 0.600. The number of halogens is 1. The number of nitrogens with one attached hydrogen (secondary N) is 2. The molecule has 1 atom stereocenters. The molecule has 28 heavy (non-hydrogen) atoms. The van der Waals surface area contributed by atoms with Crippen LogP contribution in [0.1, 0.15) is 19.4 Å². The van der Waals surface area contributed by atoms with Crippen LogP contribution < -0.4 is 15.4 Å². The molecule has 1 saturated heterocycles. The topological polar surface area (TPSA) is 69.2 Å². The van der Waals surface area contributed by atoms with Crippen molar-refractivity contribution < 1.29 is 9.53 Å². The van der Waals surface area contributed by atoms with Gasteiger partial charge in [0.05, 0.1) is 6.54 Å². The second-order valence-electron chi connectivity index (χ2n) is 6.92. The quantitative estimate of drug-likeness (QED) is 0.337. The number of nitrogens with zero attached hydrogens (tertiary/aromatic N) is 3. The molecule has 158 valence electrons. The molecule has 0 radical (unpaired) electrons. The first-order valence-corrected chi connectivity index (χ1v) is 9.64. The number of rotatable bonds is 7. The minimum Gasteiger partial charge on any atom is -0.489 e. The maximum absolute atomic E-state index is 11.4. The van der Waals surface area contributed by atoms with Gasteiger partial charge in [0.25, 0.3) is 0 Å². The van der Waals surface area contributed by atoms with Gasteiger partial charge in [-0.25, -0.2) is 0 Å². The fourth-order valence-electron chi connectivity index (χ4n) is 3.03. The Morgan fingerprint density at radius 1 is 1.21 bits per heavy atom. The number of carbonyl (C=O) groups is 1. The van der Waals surface area contributed by atoms with Gasteiger partial charge in [0.1, 0.15) is 11.9 Å². The first-order chi connectivity index (χ1) is 13.0. The Morgan fingerprint density at radius 2 is 1.89 bits per heavy atom. The number of hydrogen-bond acceptors (Lipinski definition) is 4. The summed E-state index contributed by atoms with van der Waals surface area (Å²) < 4.78 is 5.98. The van der Waals surface area contributed by atoms with Gasteiger partial charge in [-0.3, -0.25) is 14.7 Å². The van der Waals surface area contributed by atoms with Crippen molar-refractivity contribution in [2.24, 2.45) is 4.99 Å². The minimum absolute atomic E-state index is 0. The second-order valence-corrected chi connectivity index (χ2v) is 6.92. The second kappa shape index (κ2) is 12.8. The van der Waals surface area contributed by atoms with E-state index in [1.54, 1.807) is 14.0 Å². The Kier molecular flexibility index (Phi) is 11.2. The number of para-hydroxylation sites is 1. The standard InChI is InChI=1S/C20H33N5O2.HI/c1-16-7-5-6-8-19(16)27-17(2)15-23-20(21-4)22-9-10-24-11-13-25(14-12-24)18(3)26;/h5-8,17H,9-15H2,1-4H3,(H2,21,22,23);1H. The number of amides is 1. The molecule has 1 aliphatic heterocycles. The van der Waals surface area contributed by atoms with Gasteiger partial charge in [0, 0.05) is 53.2 Å². The summed E-state index contributed by atoms with van der Waals surface area (Å²) >= 11 is 0. The maximum atomic E-state index is 11.4. The van der Waals surface area contributed by atoms with Crippen LogP contribution in [0.2, 0.25) is 0 Å². The lowest BCUT2D eigenvalue weighted by atomic mass is 10.2. The van der Waals surface area contributed by atoms with Gasteiger partial charge in [-0.1, -0.05) is 18.2 Å². The smallest absolute Gasteiger partial charge is 0.219 e. The Balaban J connectivity index is 0.00000392. The van der Waals surface area contributed by atoms with Crippen molar-refractivity contribution in [1.82, 2.24) is 20.4 Å². The van der Waals surface area contributed by atoms with Crippen molar-refractivity contribution >= 4 is 35.8 Å². The van der Waals surface area contributed by atoms with Crippen LogP contribution in [-0.4, -0.2) is 80.6 Å². The van der Waals surface area contributed by atoms with Gasteiger partial charge in [0.15, 0.2) is 5.96 Å². The van der Waals surface area contributed by atoms with Crippen molar-refractivity contribution in [3.63, 3.8) is 0 Å². The summed E-state index contributed by atoms with van der Waals surface area (Å²) in [4.78, 5) is 19.9. The maximum Gasteiger partial charge on any atom is 0.219 e. The summed E-state index contributed by atoms with van der Waals surface area (Å²) in [7, 11) is 1.77. The summed E-state index contributed by atoms with van der Waals surface area (Å²) in [6.45, 7) is 11.6. The number of aryl methyl sites for hydroxylation is 1. The third-order valence-electron chi connectivity index (χ3n) is 4.74. The van der Waals surface area contributed by atoms with Gasteiger partial charge in [-0.15, -0.1) is 24.0 Å². The van der Waals surface area contributed by atoms with E-state index in [9.17, 15) is 4.79 Å². The highest BCUT2D eigenvalue weighted by Gasteiger charge is 2.18. The molecule has 1 amide bonds. The van der Waals surface area contributed by atoms with E-state index in [0.717, 1.165) is 56.5 Å². The lowest BCUT2D eigenvalue weighted by Crippen LogP contribution is -2.50. The summed E-state index contributed by atoms with van der Waals surface area (Å²) in [5.74, 6) is 1.86. The number of carbonyl (C=O) groups excluding carboxylic acids is 1. The predicted octanol–water partition coefficient (Wildman–Crippen LogP) is 1.71. The SMILES string of the molecule is CN=C(NCCN1CCN(C(C)=O)CC1)NCC(C)Oc1ccccc1C.I. The molecule has 0 bridgehead atoms. The van der Waals surface area contributed by atoms with Gasteiger partial charge < -0.3 is 20.3 Å². The number of benzene rings is 1. The van der Waals surface area contributed by atoms with Gasteiger partial charge >= 0.3 is 0 Å². The molecule has 1 aromatic rings. The first-order valence-electron chi connectivity index (χ1n) is 9.64. The Labute approximate surface area is 185 Å². The molecule has 0 aliphatic carbocycles. The zero-order valence-corrected chi connectivity index (χ0v) is 19.7. The molecule has 2 rings (SSSR count). The highest BCUT2D eigenvalue weighted by molar-refractivity contribution is 14.0. The normalized spacial score (nSPS) is 16.1. The van der Waals surface area contributed by atoms with E-state index >= 15 is 0 Å². The van der Waals surface area contributed by atoms with E-state index in [1.165, 1.54) is 0 Å². The zero-order valence-electron chi connectivity index (χ0n) is 17.4. The Hall–Kier alpha value is -1.55. The first kappa shape index (κ1) is 24.5.